The van der Waals surface area contributed by atoms with Crippen LogP contribution in [0.3, 0.4) is 0 Å². The Hall–Kier alpha value is -1.63. The van der Waals surface area contributed by atoms with Crippen molar-refractivity contribution in [3.8, 4) is 0 Å². The SMILES string of the molecule is CCCc1nc(C)c(CNC(=O)C2CCCN(C(N)=O)C2)s1. The topological polar surface area (TPSA) is 88.3 Å². The van der Waals surface area contributed by atoms with Crippen LogP contribution in [-0.2, 0) is 17.8 Å². The Morgan fingerprint density at radius 2 is 2.27 bits per heavy atom. The summed E-state index contributed by atoms with van der Waals surface area (Å²) in [6, 6.07) is -0.444. The molecule has 0 spiro atoms. The molecule has 1 aromatic rings. The second kappa shape index (κ2) is 7.58. The predicted molar refractivity (Wildman–Crippen MR) is 86.6 cm³/mol. The molecular formula is C15H24N4O2S. The van der Waals surface area contributed by atoms with Crippen molar-refractivity contribution in [1.82, 2.24) is 15.2 Å². The van der Waals surface area contributed by atoms with Crippen molar-refractivity contribution in [2.24, 2.45) is 11.7 Å². The van der Waals surface area contributed by atoms with Gasteiger partial charge >= 0.3 is 6.03 Å². The molecule has 0 aromatic carbocycles. The number of rotatable bonds is 5. The highest BCUT2D eigenvalue weighted by atomic mass is 32.1. The zero-order valence-corrected chi connectivity index (χ0v) is 14.0. The summed E-state index contributed by atoms with van der Waals surface area (Å²) < 4.78 is 0. The maximum atomic E-state index is 12.3. The van der Waals surface area contributed by atoms with Gasteiger partial charge in [0, 0.05) is 18.0 Å². The Kier molecular flexibility index (Phi) is 5.76. The average molecular weight is 324 g/mol. The molecule has 6 nitrogen and oxygen atoms in total. The fraction of sp³-hybridized carbons (Fsp3) is 0.667. The first-order valence-electron chi connectivity index (χ1n) is 7.78. The van der Waals surface area contributed by atoms with E-state index in [0.29, 0.717) is 19.6 Å². The zero-order valence-electron chi connectivity index (χ0n) is 13.2. The summed E-state index contributed by atoms with van der Waals surface area (Å²) in [4.78, 5) is 30.7. The minimum Gasteiger partial charge on any atom is -0.351 e. The van der Waals surface area contributed by atoms with Crippen LogP contribution in [0.2, 0.25) is 0 Å². The number of carbonyl (C=O) groups excluding carboxylic acids is 2. The van der Waals surface area contributed by atoms with Crippen LogP contribution >= 0.6 is 11.3 Å². The second-order valence-electron chi connectivity index (χ2n) is 5.71. The number of piperidine rings is 1. The number of aromatic nitrogens is 1. The molecule has 0 bridgehead atoms. The Bertz CT molecular complexity index is 544. The first-order chi connectivity index (χ1) is 10.5. The van der Waals surface area contributed by atoms with Crippen molar-refractivity contribution in [1.29, 1.82) is 0 Å². The standard InChI is InChI=1S/C15H24N4O2S/c1-3-5-13-18-10(2)12(22-13)8-17-14(20)11-6-4-7-19(9-11)15(16)21/h11H,3-9H2,1-2H3,(H2,16,21)(H,17,20). The van der Waals surface area contributed by atoms with E-state index in [1.807, 2.05) is 6.92 Å². The highest BCUT2D eigenvalue weighted by molar-refractivity contribution is 7.11. The van der Waals surface area contributed by atoms with E-state index in [1.165, 1.54) is 0 Å². The number of amides is 3. The number of nitrogens with zero attached hydrogens (tertiary/aromatic N) is 2. The monoisotopic (exact) mass is 324 g/mol. The van der Waals surface area contributed by atoms with Crippen LogP contribution in [0.5, 0.6) is 0 Å². The van der Waals surface area contributed by atoms with E-state index in [2.05, 4.69) is 17.2 Å². The van der Waals surface area contributed by atoms with Crippen molar-refractivity contribution < 1.29 is 9.59 Å². The molecule has 3 amide bonds. The molecule has 1 fully saturated rings. The molecule has 1 saturated heterocycles. The fourth-order valence-electron chi connectivity index (χ4n) is 2.68. The van der Waals surface area contributed by atoms with Crippen molar-refractivity contribution in [2.45, 2.75) is 46.1 Å². The summed E-state index contributed by atoms with van der Waals surface area (Å²) in [5.74, 6) is -0.166. The predicted octanol–water partition coefficient (Wildman–Crippen LogP) is 1.81. The lowest BCUT2D eigenvalue weighted by Gasteiger charge is -2.30. The molecule has 3 N–H and O–H groups in total. The molecule has 2 rings (SSSR count). The van der Waals surface area contributed by atoms with Gasteiger partial charge in [0.05, 0.1) is 23.2 Å². The highest BCUT2D eigenvalue weighted by Crippen LogP contribution is 2.20. The number of urea groups is 1. The van der Waals surface area contributed by atoms with Gasteiger partial charge in [0.1, 0.15) is 0 Å². The van der Waals surface area contributed by atoms with Gasteiger partial charge in [0.2, 0.25) is 5.91 Å². The maximum absolute atomic E-state index is 12.3. The minimum atomic E-state index is -0.444. The molecule has 1 aliphatic heterocycles. The van der Waals surface area contributed by atoms with E-state index in [1.54, 1.807) is 16.2 Å². The number of hydrogen-bond donors (Lipinski definition) is 2. The number of primary amides is 1. The number of carbonyl (C=O) groups is 2. The van der Waals surface area contributed by atoms with Crippen LogP contribution in [0.15, 0.2) is 0 Å². The molecule has 0 radical (unpaired) electrons. The van der Waals surface area contributed by atoms with E-state index < -0.39 is 6.03 Å². The van der Waals surface area contributed by atoms with Gasteiger partial charge < -0.3 is 16.0 Å². The molecule has 2 heterocycles. The Morgan fingerprint density at radius 3 is 2.95 bits per heavy atom. The van der Waals surface area contributed by atoms with Gasteiger partial charge in [-0.15, -0.1) is 11.3 Å². The number of thiazole rings is 1. The molecule has 1 unspecified atom stereocenters. The quantitative estimate of drug-likeness (QED) is 0.866. The number of nitrogens with one attached hydrogen (secondary N) is 1. The zero-order chi connectivity index (χ0) is 16.1. The maximum Gasteiger partial charge on any atom is 0.314 e. The molecule has 1 aliphatic rings. The molecule has 7 heteroatoms. The molecule has 0 aliphatic carbocycles. The van der Waals surface area contributed by atoms with Gasteiger partial charge in [-0.1, -0.05) is 6.92 Å². The third kappa shape index (κ3) is 4.19. The average Bonchev–Trinajstić information content (AvgIpc) is 2.85. The van der Waals surface area contributed by atoms with Crippen LogP contribution in [0.1, 0.15) is 41.8 Å². The van der Waals surface area contributed by atoms with Crippen LogP contribution in [-0.4, -0.2) is 34.9 Å². The van der Waals surface area contributed by atoms with Crippen LogP contribution in [0.25, 0.3) is 0 Å². The summed E-state index contributed by atoms with van der Waals surface area (Å²) in [7, 11) is 0. The number of aryl methyl sites for hydroxylation is 2. The van der Waals surface area contributed by atoms with Gasteiger partial charge in [-0.25, -0.2) is 9.78 Å². The Labute approximate surface area is 135 Å². The molecule has 22 heavy (non-hydrogen) atoms. The molecule has 1 aromatic heterocycles. The lowest BCUT2D eigenvalue weighted by molar-refractivity contribution is -0.126. The summed E-state index contributed by atoms with van der Waals surface area (Å²) in [6.45, 7) is 5.69. The first kappa shape index (κ1) is 16.7. The molecule has 0 saturated carbocycles. The Morgan fingerprint density at radius 1 is 1.50 bits per heavy atom. The molecule has 122 valence electrons. The second-order valence-corrected chi connectivity index (χ2v) is 6.88. The van der Waals surface area contributed by atoms with Crippen molar-refractivity contribution in [3.05, 3.63) is 15.6 Å². The van der Waals surface area contributed by atoms with Gasteiger partial charge in [0.25, 0.3) is 0 Å². The van der Waals surface area contributed by atoms with E-state index in [4.69, 9.17) is 5.73 Å². The minimum absolute atomic E-state index is 0.00390. The smallest absolute Gasteiger partial charge is 0.314 e. The third-order valence-corrected chi connectivity index (χ3v) is 5.15. The lowest BCUT2D eigenvalue weighted by Crippen LogP contribution is -2.47. The Balaban J connectivity index is 1.88. The molecule has 1 atom stereocenters. The van der Waals surface area contributed by atoms with E-state index in [9.17, 15) is 9.59 Å². The summed E-state index contributed by atoms with van der Waals surface area (Å²) in [5.41, 5.74) is 6.29. The number of likely N-dealkylation sites (tertiary alicyclic amines) is 1. The van der Waals surface area contributed by atoms with Crippen LogP contribution < -0.4 is 11.1 Å². The third-order valence-electron chi connectivity index (χ3n) is 3.93. The van der Waals surface area contributed by atoms with Crippen molar-refractivity contribution >= 4 is 23.3 Å². The summed E-state index contributed by atoms with van der Waals surface area (Å²) in [5, 5.41) is 4.10. The van der Waals surface area contributed by atoms with Gasteiger partial charge in [-0.05, 0) is 32.6 Å². The van der Waals surface area contributed by atoms with Crippen molar-refractivity contribution in [3.63, 3.8) is 0 Å². The molecular weight excluding hydrogens is 300 g/mol. The number of nitrogens with two attached hydrogens (primary N) is 1. The van der Waals surface area contributed by atoms with Crippen molar-refractivity contribution in [2.75, 3.05) is 13.1 Å². The summed E-state index contributed by atoms with van der Waals surface area (Å²) >= 11 is 1.67. The van der Waals surface area contributed by atoms with Gasteiger partial charge in [-0.2, -0.15) is 0 Å². The number of hydrogen-bond acceptors (Lipinski definition) is 4. The van der Waals surface area contributed by atoms with E-state index in [0.717, 1.165) is 41.3 Å². The first-order valence-corrected chi connectivity index (χ1v) is 8.60. The van der Waals surface area contributed by atoms with Crippen LogP contribution in [0, 0.1) is 12.8 Å². The largest absolute Gasteiger partial charge is 0.351 e. The van der Waals surface area contributed by atoms with E-state index in [-0.39, 0.29) is 11.8 Å². The van der Waals surface area contributed by atoms with Gasteiger partial charge in [-0.3, -0.25) is 4.79 Å². The van der Waals surface area contributed by atoms with Gasteiger partial charge in [0.15, 0.2) is 0 Å². The normalized spacial score (nSPS) is 18.3. The summed E-state index contributed by atoms with van der Waals surface area (Å²) in [6.07, 6.45) is 3.68. The van der Waals surface area contributed by atoms with E-state index >= 15 is 0 Å². The fourth-order valence-corrected chi connectivity index (χ4v) is 3.79. The van der Waals surface area contributed by atoms with Crippen LogP contribution in [0.4, 0.5) is 4.79 Å². The lowest BCUT2D eigenvalue weighted by atomic mass is 9.97. The highest BCUT2D eigenvalue weighted by Gasteiger charge is 2.27.